The molecule has 4 N–H and O–H groups in total. The molecule has 6 heteroatoms. The van der Waals surface area contributed by atoms with Crippen LogP contribution in [0.2, 0.25) is 0 Å². The molecule has 2 aromatic carbocycles. The van der Waals surface area contributed by atoms with Crippen molar-refractivity contribution in [3.63, 3.8) is 0 Å². The lowest BCUT2D eigenvalue weighted by Crippen LogP contribution is -2.19. The third-order valence-electron chi connectivity index (χ3n) is 3.92. The van der Waals surface area contributed by atoms with Crippen molar-refractivity contribution in [2.24, 2.45) is 5.73 Å². The number of nitrogens with two attached hydrogens (primary N) is 1. The van der Waals surface area contributed by atoms with Gasteiger partial charge < -0.3 is 16.2 Å². The Morgan fingerprint density at radius 1 is 1.12 bits per heavy atom. The van der Waals surface area contributed by atoms with Gasteiger partial charge in [-0.05, 0) is 30.2 Å². The molecule has 122 valence electrons. The molecular formula is C18H17N3O3. The van der Waals surface area contributed by atoms with E-state index in [4.69, 9.17) is 5.73 Å². The highest BCUT2D eigenvalue weighted by Gasteiger charge is 2.26. The molecule has 3 rings (SSSR count). The van der Waals surface area contributed by atoms with Gasteiger partial charge in [0.1, 0.15) is 5.56 Å². The summed E-state index contributed by atoms with van der Waals surface area (Å²) in [6.07, 6.45) is 0.644. The topological polar surface area (TPSA) is 97.3 Å². The summed E-state index contributed by atoms with van der Waals surface area (Å²) in [6, 6.07) is 13.3. The number of hydrogen-bond acceptors (Lipinski definition) is 3. The fourth-order valence-electron chi connectivity index (χ4n) is 2.85. The zero-order valence-corrected chi connectivity index (χ0v) is 13.1. The van der Waals surface area contributed by atoms with Gasteiger partial charge in [0.15, 0.2) is 0 Å². The summed E-state index contributed by atoms with van der Waals surface area (Å²) in [5, 5.41) is 13.7. The summed E-state index contributed by atoms with van der Waals surface area (Å²) in [6.45, 7) is 1.94. The quantitative estimate of drug-likeness (QED) is 0.691. The van der Waals surface area contributed by atoms with Crippen LogP contribution in [0.5, 0.6) is 5.88 Å². The van der Waals surface area contributed by atoms with Crippen molar-refractivity contribution in [1.29, 1.82) is 0 Å². The van der Waals surface area contributed by atoms with E-state index in [-0.39, 0.29) is 5.56 Å². The number of fused-ring (bicyclic) bond motifs is 1. The summed E-state index contributed by atoms with van der Waals surface area (Å²) < 4.78 is 0.953. The van der Waals surface area contributed by atoms with Crippen LogP contribution in [-0.2, 0) is 6.42 Å². The Kier molecular flexibility index (Phi) is 3.95. The minimum Gasteiger partial charge on any atom is -0.494 e. The molecule has 0 saturated carbocycles. The summed E-state index contributed by atoms with van der Waals surface area (Å²) in [5.74, 6) is -0.948. The molecule has 0 aliphatic carbocycles. The average Bonchev–Trinajstić information content (AvgIpc) is 2.87. The van der Waals surface area contributed by atoms with E-state index in [0.717, 1.165) is 10.1 Å². The van der Waals surface area contributed by atoms with Crippen molar-refractivity contribution in [3.05, 3.63) is 59.7 Å². The zero-order chi connectivity index (χ0) is 17.3. The van der Waals surface area contributed by atoms with E-state index in [9.17, 15) is 14.7 Å². The number of amides is 2. The van der Waals surface area contributed by atoms with Crippen LogP contribution in [0.4, 0.5) is 10.5 Å². The molecule has 3 aromatic rings. The Hall–Kier alpha value is -3.28. The fraction of sp³-hybridized carbons (Fsp3) is 0.111. The molecule has 0 aliphatic heterocycles. The van der Waals surface area contributed by atoms with E-state index >= 15 is 0 Å². The lowest BCUT2D eigenvalue weighted by Gasteiger charge is -2.06. The normalized spacial score (nSPS) is 10.7. The maximum atomic E-state index is 12.7. The Balaban J connectivity index is 2.21. The number of aryl methyl sites for hydroxylation is 1. The predicted octanol–water partition coefficient (Wildman–Crippen LogP) is 3.09. The second-order valence-electron chi connectivity index (χ2n) is 5.36. The van der Waals surface area contributed by atoms with Gasteiger partial charge in [-0.2, -0.15) is 0 Å². The minimum absolute atomic E-state index is 0.0464. The van der Waals surface area contributed by atoms with E-state index in [1.165, 1.54) is 0 Å². The highest BCUT2D eigenvalue weighted by Crippen LogP contribution is 2.34. The molecular weight excluding hydrogens is 306 g/mol. The maximum Gasteiger partial charge on any atom is 0.326 e. The van der Waals surface area contributed by atoms with Crippen LogP contribution in [0.3, 0.4) is 0 Å². The van der Waals surface area contributed by atoms with Crippen LogP contribution in [-0.4, -0.2) is 21.6 Å². The minimum atomic E-state index is -0.843. The molecule has 0 spiro atoms. The molecule has 1 heterocycles. The summed E-state index contributed by atoms with van der Waals surface area (Å²) in [4.78, 5) is 24.4. The zero-order valence-electron chi connectivity index (χ0n) is 13.1. The third-order valence-corrected chi connectivity index (χ3v) is 3.92. The van der Waals surface area contributed by atoms with Gasteiger partial charge in [-0.15, -0.1) is 0 Å². The SMILES string of the molecule is CCc1cccc2c1c(C(=O)Nc1ccccc1)c(O)n2C(N)=O. The molecule has 6 nitrogen and oxygen atoms in total. The molecule has 1 aromatic heterocycles. The van der Waals surface area contributed by atoms with Crippen molar-refractivity contribution in [3.8, 4) is 5.88 Å². The van der Waals surface area contributed by atoms with Crippen molar-refractivity contribution in [2.45, 2.75) is 13.3 Å². The predicted molar refractivity (Wildman–Crippen MR) is 92.4 cm³/mol. The number of aromatic nitrogens is 1. The van der Waals surface area contributed by atoms with Gasteiger partial charge in [0.25, 0.3) is 5.91 Å². The molecule has 0 bridgehead atoms. The van der Waals surface area contributed by atoms with E-state index in [0.29, 0.717) is 23.0 Å². The van der Waals surface area contributed by atoms with Crippen molar-refractivity contribution >= 4 is 28.5 Å². The lowest BCUT2D eigenvalue weighted by atomic mass is 10.0. The molecule has 24 heavy (non-hydrogen) atoms. The first-order valence-electron chi connectivity index (χ1n) is 7.56. The lowest BCUT2D eigenvalue weighted by molar-refractivity contribution is 0.102. The standard InChI is InChI=1S/C18H17N3O3/c1-2-11-7-6-10-13-14(11)15(17(23)21(13)18(19)24)16(22)20-12-8-4-3-5-9-12/h3-10,23H,2H2,1H3,(H2,19,24)(H,20,22). The number of aromatic hydroxyl groups is 1. The third kappa shape index (κ3) is 2.48. The van der Waals surface area contributed by atoms with Crippen LogP contribution in [0.25, 0.3) is 10.9 Å². The Morgan fingerprint density at radius 2 is 1.83 bits per heavy atom. The first-order valence-corrected chi connectivity index (χ1v) is 7.56. The van der Waals surface area contributed by atoms with Gasteiger partial charge in [0.05, 0.1) is 5.52 Å². The largest absolute Gasteiger partial charge is 0.494 e. The van der Waals surface area contributed by atoms with E-state index in [1.807, 2.05) is 19.1 Å². The molecule has 0 aliphatic rings. The van der Waals surface area contributed by atoms with Crippen molar-refractivity contribution < 1.29 is 14.7 Å². The van der Waals surface area contributed by atoms with Crippen LogP contribution >= 0.6 is 0 Å². The highest BCUT2D eigenvalue weighted by molar-refractivity contribution is 6.17. The van der Waals surface area contributed by atoms with Gasteiger partial charge in [-0.25, -0.2) is 9.36 Å². The number of benzene rings is 2. The molecule has 0 unspecified atom stereocenters. The van der Waals surface area contributed by atoms with Crippen LogP contribution < -0.4 is 11.1 Å². The molecule has 0 fully saturated rings. The van der Waals surface area contributed by atoms with Crippen molar-refractivity contribution in [2.75, 3.05) is 5.32 Å². The van der Waals surface area contributed by atoms with Gasteiger partial charge in [0.2, 0.25) is 5.88 Å². The molecule has 2 amide bonds. The number of rotatable bonds is 3. The van der Waals surface area contributed by atoms with E-state index in [2.05, 4.69) is 5.32 Å². The number of nitrogens with zero attached hydrogens (tertiary/aromatic N) is 1. The van der Waals surface area contributed by atoms with Gasteiger partial charge >= 0.3 is 6.03 Å². The highest BCUT2D eigenvalue weighted by atomic mass is 16.3. The summed E-state index contributed by atoms with van der Waals surface area (Å²) >= 11 is 0. The number of para-hydroxylation sites is 1. The van der Waals surface area contributed by atoms with Gasteiger partial charge in [-0.1, -0.05) is 37.3 Å². The maximum absolute atomic E-state index is 12.7. The van der Waals surface area contributed by atoms with Crippen LogP contribution in [0, 0.1) is 0 Å². The van der Waals surface area contributed by atoms with Gasteiger partial charge in [-0.3, -0.25) is 4.79 Å². The monoisotopic (exact) mass is 323 g/mol. The second-order valence-corrected chi connectivity index (χ2v) is 5.36. The van der Waals surface area contributed by atoms with Crippen molar-refractivity contribution in [1.82, 2.24) is 4.57 Å². The van der Waals surface area contributed by atoms with E-state index in [1.54, 1.807) is 36.4 Å². The molecule has 0 saturated heterocycles. The molecule has 0 radical (unpaired) electrons. The fourth-order valence-corrected chi connectivity index (χ4v) is 2.85. The van der Waals surface area contributed by atoms with Crippen LogP contribution in [0.1, 0.15) is 22.8 Å². The Morgan fingerprint density at radius 3 is 2.46 bits per heavy atom. The van der Waals surface area contributed by atoms with Gasteiger partial charge in [0, 0.05) is 11.1 Å². The number of carbonyl (C=O) groups excluding carboxylic acids is 2. The van der Waals surface area contributed by atoms with E-state index < -0.39 is 17.8 Å². The second kappa shape index (κ2) is 6.08. The van der Waals surface area contributed by atoms with Crippen LogP contribution in [0.15, 0.2) is 48.5 Å². The average molecular weight is 323 g/mol. The Labute approximate surface area is 138 Å². The smallest absolute Gasteiger partial charge is 0.326 e. The number of hydrogen-bond donors (Lipinski definition) is 3. The number of anilines is 1. The number of carbonyl (C=O) groups is 2. The number of nitrogens with one attached hydrogen (secondary N) is 1. The molecule has 0 atom stereocenters. The number of primary amides is 1. The summed E-state index contributed by atoms with van der Waals surface area (Å²) in [7, 11) is 0. The first-order chi connectivity index (χ1) is 11.5. The Bertz CT molecular complexity index is 930. The summed E-state index contributed by atoms with van der Waals surface area (Å²) in [5.41, 5.74) is 7.27. The first kappa shape index (κ1) is 15.6.